The van der Waals surface area contributed by atoms with Crippen molar-refractivity contribution in [3.05, 3.63) is 65.5 Å². The average Bonchev–Trinajstić information content (AvgIpc) is 2.62. The van der Waals surface area contributed by atoms with E-state index in [0.717, 1.165) is 37.3 Å². The van der Waals surface area contributed by atoms with Crippen molar-refractivity contribution in [1.29, 1.82) is 0 Å². The fraction of sp³-hybridized carbons (Fsp3) is 0.300. The third-order valence-corrected chi connectivity index (χ3v) is 4.23. The second-order valence-electron chi connectivity index (χ2n) is 6.11. The van der Waals surface area contributed by atoms with Gasteiger partial charge in [0.1, 0.15) is 11.7 Å². The lowest BCUT2D eigenvalue weighted by Crippen LogP contribution is -2.37. The molecule has 0 aliphatic carbocycles. The minimum atomic E-state index is -0.335. The van der Waals surface area contributed by atoms with Crippen LogP contribution in [0.3, 0.4) is 0 Å². The molecule has 0 atom stereocenters. The number of aliphatic imine (C=N–C) groups is 1. The maximum absolute atomic E-state index is 13.1. The van der Waals surface area contributed by atoms with Crippen LogP contribution in [0.4, 0.5) is 10.1 Å². The predicted molar refractivity (Wildman–Crippen MR) is 95.4 cm³/mol. The molecule has 0 spiro atoms. The third-order valence-electron chi connectivity index (χ3n) is 4.23. The fourth-order valence-corrected chi connectivity index (χ4v) is 2.83. The first-order valence-corrected chi connectivity index (χ1v) is 8.30. The van der Waals surface area contributed by atoms with Gasteiger partial charge in [0.25, 0.3) is 0 Å². The van der Waals surface area contributed by atoms with E-state index in [0.29, 0.717) is 5.56 Å². The van der Waals surface area contributed by atoms with Crippen LogP contribution in [0.1, 0.15) is 35.2 Å². The molecule has 3 nitrogen and oxygen atoms in total. The largest absolute Gasteiger partial charge is 0.322 e. The van der Waals surface area contributed by atoms with E-state index in [9.17, 15) is 9.18 Å². The number of ketones is 1. The smallest absolute Gasteiger partial charge is 0.182 e. The Kier molecular flexibility index (Phi) is 5.04. The Bertz CT molecular complexity index is 735. The lowest BCUT2D eigenvalue weighted by molar-refractivity contribution is 0.100. The van der Waals surface area contributed by atoms with Crippen LogP contribution in [0.5, 0.6) is 0 Å². The Morgan fingerprint density at radius 3 is 2.42 bits per heavy atom. The number of hydrogen-bond donors (Lipinski definition) is 0. The SMILES string of the molecule is Cc1ccc(N(CC(=O)c2ccc(F)cc2)C2=NCCCC2)cc1. The van der Waals surface area contributed by atoms with Crippen molar-refractivity contribution in [2.45, 2.75) is 26.2 Å². The van der Waals surface area contributed by atoms with Crippen molar-refractivity contribution in [3.63, 3.8) is 0 Å². The zero-order valence-electron chi connectivity index (χ0n) is 13.8. The van der Waals surface area contributed by atoms with Crippen LogP contribution in [-0.2, 0) is 0 Å². The number of rotatable bonds is 4. The van der Waals surface area contributed by atoms with E-state index in [2.05, 4.69) is 4.99 Å². The van der Waals surface area contributed by atoms with Crippen molar-refractivity contribution in [3.8, 4) is 0 Å². The van der Waals surface area contributed by atoms with Crippen molar-refractivity contribution in [2.75, 3.05) is 18.0 Å². The van der Waals surface area contributed by atoms with E-state index in [1.807, 2.05) is 36.1 Å². The van der Waals surface area contributed by atoms with Crippen LogP contribution in [0.15, 0.2) is 53.5 Å². The number of amidine groups is 1. The molecule has 3 rings (SSSR count). The number of hydrogen-bond acceptors (Lipinski definition) is 3. The molecule has 124 valence electrons. The summed E-state index contributed by atoms with van der Waals surface area (Å²) in [6.45, 7) is 3.06. The zero-order valence-corrected chi connectivity index (χ0v) is 13.8. The number of aryl methyl sites for hydroxylation is 1. The molecule has 1 aliphatic heterocycles. The van der Waals surface area contributed by atoms with Gasteiger partial charge in [0.05, 0.1) is 6.54 Å². The monoisotopic (exact) mass is 324 g/mol. The van der Waals surface area contributed by atoms with E-state index in [1.54, 1.807) is 0 Å². The van der Waals surface area contributed by atoms with Crippen LogP contribution >= 0.6 is 0 Å². The summed E-state index contributed by atoms with van der Waals surface area (Å²) in [6.07, 6.45) is 3.06. The van der Waals surface area contributed by atoms with Gasteiger partial charge in [-0.25, -0.2) is 4.39 Å². The summed E-state index contributed by atoms with van der Waals surface area (Å²) in [4.78, 5) is 19.2. The highest BCUT2D eigenvalue weighted by Crippen LogP contribution is 2.20. The highest BCUT2D eigenvalue weighted by atomic mass is 19.1. The molecule has 2 aromatic carbocycles. The van der Waals surface area contributed by atoms with Gasteiger partial charge in [-0.15, -0.1) is 0 Å². The second-order valence-corrected chi connectivity index (χ2v) is 6.11. The quantitative estimate of drug-likeness (QED) is 0.781. The zero-order chi connectivity index (χ0) is 16.9. The summed E-state index contributed by atoms with van der Waals surface area (Å²) in [7, 11) is 0. The Balaban J connectivity index is 1.86. The van der Waals surface area contributed by atoms with Crippen molar-refractivity contribution < 1.29 is 9.18 Å². The molecule has 4 heteroatoms. The van der Waals surface area contributed by atoms with Gasteiger partial charge in [-0.05, 0) is 56.2 Å². The van der Waals surface area contributed by atoms with Gasteiger partial charge in [0.15, 0.2) is 5.78 Å². The van der Waals surface area contributed by atoms with Gasteiger partial charge in [-0.1, -0.05) is 17.7 Å². The number of Topliss-reactive ketones (excluding diaryl/α,β-unsaturated/α-hetero) is 1. The lowest BCUT2D eigenvalue weighted by Gasteiger charge is -2.28. The van der Waals surface area contributed by atoms with Crippen molar-refractivity contribution in [1.82, 2.24) is 0 Å². The molecule has 0 saturated heterocycles. The molecule has 24 heavy (non-hydrogen) atoms. The number of benzene rings is 2. The number of carbonyl (C=O) groups excluding carboxylic acids is 1. The number of halogens is 1. The van der Waals surface area contributed by atoms with E-state index < -0.39 is 0 Å². The molecular formula is C20H21FN2O. The van der Waals surface area contributed by atoms with Gasteiger partial charge < -0.3 is 4.90 Å². The van der Waals surface area contributed by atoms with Gasteiger partial charge >= 0.3 is 0 Å². The fourth-order valence-electron chi connectivity index (χ4n) is 2.83. The number of anilines is 1. The summed E-state index contributed by atoms with van der Waals surface area (Å²) in [5.74, 6) is 0.586. The first-order chi connectivity index (χ1) is 11.6. The molecule has 1 aliphatic rings. The highest BCUT2D eigenvalue weighted by Gasteiger charge is 2.19. The van der Waals surface area contributed by atoms with Crippen LogP contribution in [0, 0.1) is 12.7 Å². The standard InChI is InChI=1S/C20H21FN2O/c1-15-5-11-18(12-6-15)23(20-4-2-3-13-22-20)14-19(24)16-7-9-17(21)10-8-16/h5-12H,2-4,13-14H2,1H3. The normalized spacial score (nSPS) is 14.2. The first-order valence-electron chi connectivity index (χ1n) is 8.30. The molecule has 0 bridgehead atoms. The molecule has 1 heterocycles. The highest BCUT2D eigenvalue weighted by molar-refractivity contribution is 6.07. The topological polar surface area (TPSA) is 32.7 Å². The summed E-state index contributed by atoms with van der Waals surface area (Å²) in [5.41, 5.74) is 2.66. The Morgan fingerprint density at radius 1 is 1.08 bits per heavy atom. The maximum atomic E-state index is 13.1. The van der Waals surface area contributed by atoms with Gasteiger partial charge in [0, 0.05) is 24.2 Å². The molecule has 0 N–H and O–H groups in total. The minimum Gasteiger partial charge on any atom is -0.322 e. The molecule has 0 unspecified atom stereocenters. The van der Waals surface area contributed by atoms with E-state index in [-0.39, 0.29) is 18.1 Å². The van der Waals surface area contributed by atoms with E-state index in [1.165, 1.54) is 29.8 Å². The molecule has 0 fully saturated rings. The van der Waals surface area contributed by atoms with Crippen LogP contribution in [0.2, 0.25) is 0 Å². The Labute approximate surface area is 141 Å². The summed E-state index contributed by atoms with van der Waals surface area (Å²) < 4.78 is 13.1. The third kappa shape index (κ3) is 3.88. The maximum Gasteiger partial charge on any atom is 0.182 e. The molecule has 2 aromatic rings. The Hall–Kier alpha value is -2.49. The van der Waals surface area contributed by atoms with E-state index >= 15 is 0 Å². The molecule has 0 radical (unpaired) electrons. The minimum absolute atomic E-state index is 0.0381. The molecular weight excluding hydrogens is 303 g/mol. The summed E-state index contributed by atoms with van der Waals surface area (Å²) in [6, 6.07) is 13.8. The number of nitrogens with zero attached hydrogens (tertiary/aromatic N) is 2. The first kappa shape index (κ1) is 16.4. The van der Waals surface area contributed by atoms with Gasteiger partial charge in [0.2, 0.25) is 0 Å². The van der Waals surface area contributed by atoms with Gasteiger partial charge in [-0.3, -0.25) is 9.79 Å². The molecule has 0 saturated carbocycles. The van der Waals surface area contributed by atoms with Crippen LogP contribution < -0.4 is 4.90 Å². The lowest BCUT2D eigenvalue weighted by atomic mass is 10.1. The molecule has 0 amide bonds. The second kappa shape index (κ2) is 7.39. The predicted octanol–water partition coefficient (Wildman–Crippen LogP) is 4.41. The van der Waals surface area contributed by atoms with Crippen molar-refractivity contribution >= 4 is 17.3 Å². The van der Waals surface area contributed by atoms with Crippen LogP contribution in [0.25, 0.3) is 0 Å². The Morgan fingerprint density at radius 2 is 1.79 bits per heavy atom. The summed E-state index contributed by atoms with van der Waals surface area (Å²) >= 11 is 0. The van der Waals surface area contributed by atoms with Crippen molar-refractivity contribution in [2.24, 2.45) is 4.99 Å². The van der Waals surface area contributed by atoms with E-state index in [4.69, 9.17) is 0 Å². The number of carbonyl (C=O) groups is 1. The average molecular weight is 324 g/mol. The molecule has 0 aromatic heterocycles. The van der Waals surface area contributed by atoms with Crippen LogP contribution in [-0.4, -0.2) is 24.7 Å². The van der Waals surface area contributed by atoms with Gasteiger partial charge in [-0.2, -0.15) is 0 Å². The summed E-state index contributed by atoms with van der Waals surface area (Å²) in [5, 5.41) is 0.